The fraction of sp³-hybridized carbons (Fsp3) is 1.00. The van der Waals surface area contributed by atoms with Gasteiger partial charge in [0.05, 0.1) is 6.10 Å². The van der Waals surface area contributed by atoms with Crippen LogP contribution in [-0.2, 0) is 0 Å². The SMILES string of the molecule is CCCNCC(O)CN1CC2CCCC2C1. The molecule has 1 aliphatic heterocycles. The molecule has 2 N–H and O–H groups in total. The zero-order chi connectivity index (χ0) is 11.4. The van der Waals surface area contributed by atoms with Crippen LogP contribution >= 0.6 is 0 Å². The van der Waals surface area contributed by atoms with Gasteiger partial charge in [-0.1, -0.05) is 13.3 Å². The van der Waals surface area contributed by atoms with Gasteiger partial charge in [0.15, 0.2) is 0 Å². The van der Waals surface area contributed by atoms with E-state index in [-0.39, 0.29) is 6.10 Å². The van der Waals surface area contributed by atoms with E-state index in [0.29, 0.717) is 0 Å². The number of aliphatic hydroxyl groups is 1. The molecule has 3 nitrogen and oxygen atoms in total. The zero-order valence-electron chi connectivity index (χ0n) is 10.5. The van der Waals surface area contributed by atoms with Crippen molar-refractivity contribution >= 4 is 0 Å². The van der Waals surface area contributed by atoms with Crippen molar-refractivity contribution in [3.63, 3.8) is 0 Å². The summed E-state index contributed by atoms with van der Waals surface area (Å²) in [6.45, 7) is 7.25. The van der Waals surface area contributed by atoms with Crippen LogP contribution in [0.1, 0.15) is 32.6 Å². The van der Waals surface area contributed by atoms with Gasteiger partial charge in [-0.2, -0.15) is 0 Å². The molecular weight excluding hydrogens is 200 g/mol. The fourth-order valence-electron chi connectivity index (χ4n) is 3.29. The molecule has 2 fully saturated rings. The molecule has 1 saturated carbocycles. The first-order chi connectivity index (χ1) is 7.79. The third-order valence-electron chi connectivity index (χ3n) is 4.08. The van der Waals surface area contributed by atoms with Gasteiger partial charge in [-0.05, 0) is 37.6 Å². The normalized spacial score (nSPS) is 31.9. The smallest absolute Gasteiger partial charge is 0.0791 e. The lowest BCUT2D eigenvalue weighted by Gasteiger charge is -2.21. The molecule has 1 aliphatic carbocycles. The Morgan fingerprint density at radius 3 is 2.62 bits per heavy atom. The highest BCUT2D eigenvalue weighted by Crippen LogP contribution is 2.37. The number of hydrogen-bond donors (Lipinski definition) is 2. The summed E-state index contributed by atoms with van der Waals surface area (Å²) in [6.07, 6.45) is 5.23. The molecule has 0 bridgehead atoms. The van der Waals surface area contributed by atoms with Crippen LogP contribution < -0.4 is 5.32 Å². The van der Waals surface area contributed by atoms with E-state index in [4.69, 9.17) is 0 Å². The van der Waals surface area contributed by atoms with Gasteiger partial charge in [-0.15, -0.1) is 0 Å². The van der Waals surface area contributed by atoms with Crippen LogP contribution in [0.4, 0.5) is 0 Å². The predicted molar refractivity (Wildman–Crippen MR) is 66.4 cm³/mol. The Labute approximate surface area is 99.2 Å². The summed E-state index contributed by atoms with van der Waals surface area (Å²) >= 11 is 0. The summed E-state index contributed by atoms with van der Waals surface area (Å²) in [4.78, 5) is 2.47. The summed E-state index contributed by atoms with van der Waals surface area (Å²) in [5.74, 6) is 1.88. The molecule has 0 aromatic rings. The maximum Gasteiger partial charge on any atom is 0.0791 e. The maximum absolute atomic E-state index is 9.90. The second kappa shape index (κ2) is 5.99. The highest BCUT2D eigenvalue weighted by molar-refractivity contribution is 4.89. The molecule has 16 heavy (non-hydrogen) atoms. The summed E-state index contributed by atoms with van der Waals surface area (Å²) in [5.41, 5.74) is 0. The second-order valence-corrected chi connectivity index (χ2v) is 5.53. The molecule has 2 aliphatic rings. The number of β-amino-alcohol motifs (C(OH)–C–C–N with tert-alkyl or cyclic N) is 1. The molecule has 0 amide bonds. The lowest BCUT2D eigenvalue weighted by molar-refractivity contribution is 0.119. The largest absolute Gasteiger partial charge is 0.390 e. The van der Waals surface area contributed by atoms with E-state index in [1.807, 2.05) is 0 Å². The molecule has 2 rings (SSSR count). The van der Waals surface area contributed by atoms with Gasteiger partial charge >= 0.3 is 0 Å². The number of fused-ring (bicyclic) bond motifs is 1. The van der Waals surface area contributed by atoms with E-state index >= 15 is 0 Å². The molecule has 94 valence electrons. The summed E-state index contributed by atoms with van der Waals surface area (Å²) in [6, 6.07) is 0. The standard InChI is InChI=1S/C13H26N2O/c1-2-6-14-7-13(16)10-15-8-11-4-3-5-12(11)9-15/h11-14,16H,2-10H2,1H3. The topological polar surface area (TPSA) is 35.5 Å². The third kappa shape index (κ3) is 3.19. The number of nitrogens with zero attached hydrogens (tertiary/aromatic N) is 1. The number of rotatable bonds is 6. The number of hydrogen-bond acceptors (Lipinski definition) is 3. The number of likely N-dealkylation sites (tertiary alicyclic amines) is 1. The highest BCUT2D eigenvalue weighted by atomic mass is 16.3. The molecule has 0 aromatic carbocycles. The molecule has 3 atom stereocenters. The zero-order valence-corrected chi connectivity index (χ0v) is 10.5. The van der Waals surface area contributed by atoms with Crippen molar-refractivity contribution in [1.82, 2.24) is 10.2 Å². The first kappa shape index (κ1) is 12.3. The Bertz CT molecular complexity index is 198. The minimum absolute atomic E-state index is 0.189. The van der Waals surface area contributed by atoms with Crippen molar-refractivity contribution in [1.29, 1.82) is 0 Å². The van der Waals surface area contributed by atoms with Crippen LogP contribution in [-0.4, -0.2) is 48.8 Å². The first-order valence-corrected chi connectivity index (χ1v) is 6.90. The fourth-order valence-corrected chi connectivity index (χ4v) is 3.29. The maximum atomic E-state index is 9.90. The molecule has 1 saturated heterocycles. The molecular formula is C13H26N2O. The van der Waals surface area contributed by atoms with Gasteiger partial charge in [0.1, 0.15) is 0 Å². The molecule has 3 unspecified atom stereocenters. The third-order valence-corrected chi connectivity index (χ3v) is 4.08. The molecule has 0 radical (unpaired) electrons. The number of nitrogens with one attached hydrogen (secondary N) is 1. The molecule has 0 spiro atoms. The van der Waals surface area contributed by atoms with E-state index in [1.54, 1.807) is 0 Å². The minimum Gasteiger partial charge on any atom is -0.390 e. The van der Waals surface area contributed by atoms with Crippen molar-refractivity contribution in [2.75, 3.05) is 32.7 Å². The quantitative estimate of drug-likeness (QED) is 0.665. The van der Waals surface area contributed by atoms with Crippen molar-refractivity contribution in [2.45, 2.75) is 38.7 Å². The van der Waals surface area contributed by atoms with Crippen LogP contribution in [0.3, 0.4) is 0 Å². The Morgan fingerprint density at radius 2 is 2.00 bits per heavy atom. The molecule has 1 heterocycles. The first-order valence-electron chi connectivity index (χ1n) is 6.90. The van der Waals surface area contributed by atoms with Gasteiger partial charge in [0.2, 0.25) is 0 Å². The van der Waals surface area contributed by atoms with Crippen LogP contribution in [0.15, 0.2) is 0 Å². The highest BCUT2D eigenvalue weighted by Gasteiger charge is 2.36. The monoisotopic (exact) mass is 226 g/mol. The molecule has 3 heteroatoms. The van der Waals surface area contributed by atoms with Crippen molar-refractivity contribution < 1.29 is 5.11 Å². The minimum atomic E-state index is -0.189. The second-order valence-electron chi connectivity index (χ2n) is 5.53. The Morgan fingerprint density at radius 1 is 1.31 bits per heavy atom. The van der Waals surface area contributed by atoms with E-state index in [1.165, 1.54) is 32.4 Å². The van der Waals surface area contributed by atoms with E-state index < -0.39 is 0 Å². The van der Waals surface area contributed by atoms with Crippen molar-refractivity contribution in [3.05, 3.63) is 0 Å². The summed E-state index contributed by atoms with van der Waals surface area (Å²) in [5, 5.41) is 13.2. The number of aliphatic hydroxyl groups excluding tert-OH is 1. The Balaban J connectivity index is 1.63. The van der Waals surface area contributed by atoms with Crippen LogP contribution in [0.5, 0.6) is 0 Å². The van der Waals surface area contributed by atoms with Crippen LogP contribution in [0, 0.1) is 11.8 Å². The van der Waals surface area contributed by atoms with Gasteiger partial charge in [-0.3, -0.25) is 0 Å². The average molecular weight is 226 g/mol. The van der Waals surface area contributed by atoms with Gasteiger partial charge < -0.3 is 15.3 Å². The Kier molecular flexibility index (Phi) is 4.62. The van der Waals surface area contributed by atoms with Crippen LogP contribution in [0.2, 0.25) is 0 Å². The predicted octanol–water partition coefficient (Wildman–Crippen LogP) is 1.08. The van der Waals surface area contributed by atoms with Gasteiger partial charge in [0.25, 0.3) is 0 Å². The lowest BCUT2D eigenvalue weighted by atomic mass is 10.0. The van der Waals surface area contributed by atoms with E-state index in [2.05, 4.69) is 17.1 Å². The van der Waals surface area contributed by atoms with Crippen molar-refractivity contribution in [3.8, 4) is 0 Å². The van der Waals surface area contributed by atoms with E-state index in [9.17, 15) is 5.11 Å². The summed E-state index contributed by atoms with van der Waals surface area (Å²) < 4.78 is 0. The lowest BCUT2D eigenvalue weighted by Crippen LogP contribution is -2.37. The van der Waals surface area contributed by atoms with E-state index in [0.717, 1.165) is 37.9 Å². The Hall–Kier alpha value is -0.120. The van der Waals surface area contributed by atoms with Gasteiger partial charge in [0, 0.05) is 26.2 Å². The molecule has 0 aromatic heterocycles. The van der Waals surface area contributed by atoms with Crippen LogP contribution in [0.25, 0.3) is 0 Å². The van der Waals surface area contributed by atoms with Gasteiger partial charge in [-0.25, -0.2) is 0 Å². The summed E-state index contributed by atoms with van der Waals surface area (Å²) in [7, 11) is 0. The average Bonchev–Trinajstić information content (AvgIpc) is 2.78. The van der Waals surface area contributed by atoms with Crippen molar-refractivity contribution in [2.24, 2.45) is 11.8 Å².